The Morgan fingerprint density at radius 2 is 2.00 bits per heavy atom. The lowest BCUT2D eigenvalue weighted by Crippen LogP contribution is -2.28. The summed E-state index contributed by atoms with van der Waals surface area (Å²) in [7, 11) is 0. The van der Waals surface area contributed by atoms with Crippen LogP contribution >= 0.6 is 27.5 Å². The van der Waals surface area contributed by atoms with E-state index in [1.165, 1.54) is 6.92 Å². The molecule has 88 valence electrons. The van der Waals surface area contributed by atoms with Gasteiger partial charge in [0.2, 0.25) is 5.91 Å². The van der Waals surface area contributed by atoms with Gasteiger partial charge in [0.1, 0.15) is 17.5 Å². The van der Waals surface area contributed by atoms with Gasteiger partial charge in [-0.25, -0.2) is 8.78 Å². The third-order valence-corrected chi connectivity index (χ3v) is 2.68. The lowest BCUT2D eigenvalue weighted by atomic mass is 10.1. The van der Waals surface area contributed by atoms with Gasteiger partial charge in [0, 0.05) is 10.0 Å². The summed E-state index contributed by atoms with van der Waals surface area (Å²) in [6.45, 7) is 1.49. The Morgan fingerprint density at radius 1 is 1.50 bits per heavy atom. The van der Waals surface area contributed by atoms with E-state index in [0.29, 0.717) is 4.47 Å². The Labute approximate surface area is 105 Å². The number of nitrogens with one attached hydrogen (secondary N) is 1. The number of hydrogen-bond acceptors (Lipinski definition) is 1. The summed E-state index contributed by atoms with van der Waals surface area (Å²) in [4.78, 5) is 11.0. The largest absolute Gasteiger partial charge is 0.348 e. The van der Waals surface area contributed by atoms with Crippen LogP contribution in [0.3, 0.4) is 0 Å². The molecule has 0 aliphatic rings. The summed E-state index contributed by atoms with van der Waals surface area (Å²) >= 11 is 8.25. The van der Waals surface area contributed by atoms with Crippen molar-refractivity contribution in [2.45, 2.75) is 13.0 Å². The number of benzene rings is 1. The Balaban J connectivity index is 2.99. The lowest BCUT2D eigenvalue weighted by molar-refractivity contribution is -0.119. The van der Waals surface area contributed by atoms with Gasteiger partial charge in [-0.2, -0.15) is 0 Å². The first kappa shape index (κ1) is 13.4. The van der Waals surface area contributed by atoms with Crippen molar-refractivity contribution in [1.82, 2.24) is 5.32 Å². The molecule has 0 aliphatic carbocycles. The lowest BCUT2D eigenvalue weighted by Gasteiger charge is -2.15. The second-order valence-corrected chi connectivity index (χ2v) is 4.39. The molecule has 0 aromatic heterocycles. The molecule has 6 heteroatoms. The van der Waals surface area contributed by atoms with E-state index in [0.717, 1.165) is 12.1 Å². The van der Waals surface area contributed by atoms with E-state index in [2.05, 4.69) is 21.2 Å². The molecule has 0 radical (unpaired) electrons. The molecule has 1 aromatic carbocycles. The van der Waals surface area contributed by atoms with Gasteiger partial charge in [-0.3, -0.25) is 4.79 Å². The zero-order chi connectivity index (χ0) is 12.3. The minimum atomic E-state index is -0.764. The van der Waals surface area contributed by atoms with E-state index in [-0.39, 0.29) is 11.4 Å². The fraction of sp³-hybridized carbons (Fsp3) is 0.300. The number of carbonyl (C=O) groups excluding carboxylic acids is 1. The molecule has 1 amide bonds. The van der Waals surface area contributed by atoms with E-state index in [1.807, 2.05) is 0 Å². The van der Waals surface area contributed by atoms with Crippen molar-refractivity contribution in [3.05, 3.63) is 33.8 Å². The fourth-order valence-electron chi connectivity index (χ4n) is 1.32. The summed E-state index contributed by atoms with van der Waals surface area (Å²) < 4.78 is 27.2. The number of carbonyl (C=O) groups is 1. The first-order valence-electron chi connectivity index (χ1n) is 4.45. The first-order chi connectivity index (χ1) is 7.45. The minimum absolute atomic E-state index is 0.179. The number of hydrogen-bond donors (Lipinski definition) is 1. The van der Waals surface area contributed by atoms with Gasteiger partial charge in [-0.15, -0.1) is 11.6 Å². The first-order valence-corrected chi connectivity index (χ1v) is 5.78. The molecule has 0 fully saturated rings. The van der Waals surface area contributed by atoms with Gasteiger partial charge in [0.15, 0.2) is 0 Å². The predicted molar refractivity (Wildman–Crippen MR) is 61.3 cm³/mol. The Bertz CT molecular complexity index is 391. The van der Waals surface area contributed by atoms with Crippen LogP contribution in [0.4, 0.5) is 8.78 Å². The maximum atomic E-state index is 13.5. The Hall–Kier alpha value is -0.680. The third-order valence-electron chi connectivity index (χ3n) is 1.98. The van der Waals surface area contributed by atoms with E-state index in [1.54, 1.807) is 0 Å². The van der Waals surface area contributed by atoms with Crippen LogP contribution in [0.5, 0.6) is 0 Å². The number of rotatable bonds is 3. The highest BCUT2D eigenvalue weighted by atomic mass is 79.9. The molecule has 1 N–H and O–H groups in total. The maximum Gasteiger partial charge on any atom is 0.235 e. The second kappa shape index (κ2) is 5.59. The molecule has 1 rings (SSSR count). The molecule has 1 atom stereocenters. The number of amides is 1. The van der Waals surface area contributed by atoms with E-state index < -0.39 is 23.6 Å². The van der Waals surface area contributed by atoms with Crippen LogP contribution in [0.2, 0.25) is 0 Å². The summed E-state index contributed by atoms with van der Waals surface area (Å²) in [5, 5.41) is 2.38. The molecular formula is C10H9BrClF2NO. The summed E-state index contributed by atoms with van der Waals surface area (Å²) in [5.41, 5.74) is -0.179. The van der Waals surface area contributed by atoms with Gasteiger partial charge in [-0.1, -0.05) is 15.9 Å². The van der Waals surface area contributed by atoms with Gasteiger partial charge in [-0.05, 0) is 19.1 Å². The van der Waals surface area contributed by atoms with Gasteiger partial charge < -0.3 is 5.32 Å². The zero-order valence-corrected chi connectivity index (χ0v) is 10.7. The van der Waals surface area contributed by atoms with Gasteiger partial charge in [0.05, 0.1) is 6.04 Å². The quantitative estimate of drug-likeness (QED) is 0.854. The average molecular weight is 313 g/mol. The Kier molecular flexibility index (Phi) is 4.68. The van der Waals surface area contributed by atoms with Crippen LogP contribution in [-0.2, 0) is 4.79 Å². The normalized spacial score (nSPS) is 12.3. The second-order valence-electron chi connectivity index (χ2n) is 3.21. The number of alkyl halides is 1. The average Bonchev–Trinajstić information content (AvgIpc) is 2.15. The van der Waals surface area contributed by atoms with Crippen LogP contribution in [0, 0.1) is 11.6 Å². The van der Waals surface area contributed by atoms with Crippen molar-refractivity contribution in [2.24, 2.45) is 0 Å². The van der Waals surface area contributed by atoms with Crippen LogP contribution in [0.15, 0.2) is 16.6 Å². The highest BCUT2D eigenvalue weighted by molar-refractivity contribution is 9.10. The highest BCUT2D eigenvalue weighted by Gasteiger charge is 2.18. The minimum Gasteiger partial charge on any atom is -0.348 e. The molecule has 0 bridgehead atoms. The van der Waals surface area contributed by atoms with Crippen LogP contribution in [0.25, 0.3) is 0 Å². The monoisotopic (exact) mass is 311 g/mol. The third kappa shape index (κ3) is 3.15. The smallest absolute Gasteiger partial charge is 0.235 e. The summed E-state index contributed by atoms with van der Waals surface area (Å²) in [6, 6.07) is 1.52. The van der Waals surface area contributed by atoms with Crippen molar-refractivity contribution < 1.29 is 13.6 Å². The molecule has 0 spiro atoms. The molecule has 0 heterocycles. The highest BCUT2D eigenvalue weighted by Crippen LogP contribution is 2.24. The van der Waals surface area contributed by atoms with Gasteiger partial charge in [0.25, 0.3) is 0 Å². The summed E-state index contributed by atoms with van der Waals surface area (Å²) in [5.74, 6) is -2.15. The molecule has 0 saturated heterocycles. The van der Waals surface area contributed by atoms with E-state index in [4.69, 9.17) is 11.6 Å². The van der Waals surface area contributed by atoms with Crippen molar-refractivity contribution in [3.8, 4) is 0 Å². The molecule has 16 heavy (non-hydrogen) atoms. The Morgan fingerprint density at radius 3 is 2.44 bits per heavy atom. The molecule has 0 unspecified atom stereocenters. The van der Waals surface area contributed by atoms with Gasteiger partial charge >= 0.3 is 0 Å². The predicted octanol–water partition coefficient (Wildman–Crippen LogP) is 3.14. The summed E-state index contributed by atoms with van der Waals surface area (Å²) in [6.07, 6.45) is 0. The molecular weight excluding hydrogens is 303 g/mol. The van der Waals surface area contributed by atoms with Crippen molar-refractivity contribution in [1.29, 1.82) is 0 Å². The van der Waals surface area contributed by atoms with Crippen LogP contribution in [-0.4, -0.2) is 11.8 Å². The maximum absolute atomic E-state index is 13.5. The standard InChI is InChI=1S/C10H9BrClF2NO/c1-5(15-9(16)4-12)10-7(13)2-6(11)3-8(10)14/h2-3,5H,4H2,1H3,(H,15,16)/t5-/m1/s1. The SMILES string of the molecule is C[C@@H](NC(=O)CCl)c1c(F)cc(Br)cc1F. The van der Waals surface area contributed by atoms with Crippen molar-refractivity contribution in [3.63, 3.8) is 0 Å². The van der Waals surface area contributed by atoms with Crippen LogP contribution in [0.1, 0.15) is 18.5 Å². The molecule has 2 nitrogen and oxygen atoms in total. The number of halogens is 4. The van der Waals surface area contributed by atoms with E-state index in [9.17, 15) is 13.6 Å². The van der Waals surface area contributed by atoms with Crippen LogP contribution < -0.4 is 5.32 Å². The fourth-order valence-corrected chi connectivity index (χ4v) is 1.80. The zero-order valence-electron chi connectivity index (χ0n) is 8.36. The molecule has 0 saturated carbocycles. The van der Waals surface area contributed by atoms with Crippen molar-refractivity contribution in [2.75, 3.05) is 5.88 Å². The molecule has 1 aromatic rings. The molecule has 0 aliphatic heterocycles. The topological polar surface area (TPSA) is 29.1 Å². The van der Waals surface area contributed by atoms with E-state index >= 15 is 0 Å². The van der Waals surface area contributed by atoms with Crippen molar-refractivity contribution >= 4 is 33.4 Å².